The molecule has 2 amide bonds. The van der Waals surface area contributed by atoms with Gasteiger partial charge in [0.05, 0.1) is 16.3 Å². The van der Waals surface area contributed by atoms with E-state index in [1.165, 1.54) is 6.07 Å². The fourth-order valence-corrected chi connectivity index (χ4v) is 6.33. The van der Waals surface area contributed by atoms with Crippen LogP contribution in [0.5, 0.6) is 0 Å². The summed E-state index contributed by atoms with van der Waals surface area (Å²) in [4.78, 5) is 27.5. The van der Waals surface area contributed by atoms with Crippen molar-refractivity contribution < 1.29 is 18.0 Å². The molecule has 2 atom stereocenters. The van der Waals surface area contributed by atoms with Crippen molar-refractivity contribution in [2.45, 2.75) is 54.2 Å². The monoisotopic (exact) mass is 444 g/mol. The van der Waals surface area contributed by atoms with Gasteiger partial charge in [-0.15, -0.1) is 11.8 Å². The Bertz CT molecular complexity index is 1110. The van der Waals surface area contributed by atoms with Crippen LogP contribution in [-0.4, -0.2) is 37.3 Å². The normalized spacial score (nSPS) is 20.9. The van der Waals surface area contributed by atoms with Gasteiger partial charge in [0, 0.05) is 34.7 Å². The van der Waals surface area contributed by atoms with Crippen molar-refractivity contribution in [1.82, 2.24) is 0 Å². The van der Waals surface area contributed by atoms with E-state index < -0.39 is 9.84 Å². The molecule has 0 fully saturated rings. The number of fused-ring (bicyclic) bond motifs is 2. The highest BCUT2D eigenvalue weighted by Gasteiger charge is 2.31. The third-order valence-electron chi connectivity index (χ3n) is 5.45. The lowest BCUT2D eigenvalue weighted by Crippen LogP contribution is -2.36. The number of carbonyl (C=O) groups is 2. The van der Waals surface area contributed by atoms with E-state index in [1.807, 2.05) is 38.1 Å². The number of nitrogens with one attached hydrogen (secondary N) is 1. The number of hydrogen-bond acceptors (Lipinski definition) is 5. The van der Waals surface area contributed by atoms with Crippen molar-refractivity contribution in [3.05, 3.63) is 48.0 Å². The Labute approximate surface area is 181 Å². The molecule has 0 aromatic heterocycles. The second-order valence-electron chi connectivity index (χ2n) is 7.85. The second kappa shape index (κ2) is 8.07. The Morgan fingerprint density at radius 2 is 1.93 bits per heavy atom. The molecule has 6 nitrogen and oxygen atoms in total. The van der Waals surface area contributed by atoms with Gasteiger partial charge in [-0.2, -0.15) is 0 Å². The van der Waals surface area contributed by atoms with E-state index in [-0.39, 0.29) is 40.2 Å². The maximum atomic E-state index is 12.9. The van der Waals surface area contributed by atoms with Crippen LogP contribution in [0, 0.1) is 0 Å². The van der Waals surface area contributed by atoms with Crippen LogP contribution in [0.25, 0.3) is 0 Å². The zero-order valence-corrected chi connectivity index (χ0v) is 18.6. The quantitative estimate of drug-likeness (QED) is 0.778. The summed E-state index contributed by atoms with van der Waals surface area (Å²) in [5.74, 6) is -0.586. The van der Waals surface area contributed by atoms with Crippen LogP contribution in [0.15, 0.2) is 52.3 Å². The number of thioether (sulfide) groups is 1. The maximum Gasteiger partial charge on any atom is 0.228 e. The van der Waals surface area contributed by atoms with Crippen LogP contribution in [0.2, 0.25) is 0 Å². The number of hydrogen-bond donors (Lipinski definition) is 1. The molecule has 2 unspecified atom stereocenters. The summed E-state index contributed by atoms with van der Waals surface area (Å²) in [6.45, 7) is 3.94. The van der Waals surface area contributed by atoms with E-state index in [0.29, 0.717) is 12.1 Å². The molecule has 0 saturated heterocycles. The lowest BCUT2D eigenvalue weighted by molar-refractivity contribution is -0.118. The van der Waals surface area contributed by atoms with E-state index in [0.717, 1.165) is 22.6 Å². The van der Waals surface area contributed by atoms with Crippen LogP contribution in [0.1, 0.15) is 32.3 Å². The Hall–Kier alpha value is -2.32. The standard InChI is InChI=1S/C22H24N2O4S2/c1-14-11-16-5-3-4-6-19(16)24(14)22(26)9-10-30(27,28)17-7-8-20-18(13-17)23-21(25)12-15(2)29-20/h3-8,13-15H,9-12H2,1-2H3,(H,23,25). The molecule has 4 rings (SSSR count). The first-order chi connectivity index (χ1) is 14.2. The number of amides is 2. The van der Waals surface area contributed by atoms with Gasteiger partial charge in [0.2, 0.25) is 11.8 Å². The SMILES string of the molecule is CC1CC(=O)Nc2cc(S(=O)(=O)CCC(=O)N3c4ccccc4CC3C)ccc2S1. The Kier molecular flexibility index (Phi) is 5.63. The van der Waals surface area contributed by atoms with E-state index >= 15 is 0 Å². The Morgan fingerprint density at radius 3 is 2.73 bits per heavy atom. The fraction of sp³-hybridized carbons (Fsp3) is 0.364. The summed E-state index contributed by atoms with van der Waals surface area (Å²) >= 11 is 1.55. The van der Waals surface area contributed by atoms with Crippen LogP contribution in [0.4, 0.5) is 11.4 Å². The topological polar surface area (TPSA) is 83.5 Å². The molecule has 2 aromatic carbocycles. The molecular weight excluding hydrogens is 420 g/mol. The van der Waals surface area contributed by atoms with Gasteiger partial charge < -0.3 is 10.2 Å². The zero-order chi connectivity index (χ0) is 21.5. The van der Waals surface area contributed by atoms with Crippen molar-refractivity contribution in [3.63, 3.8) is 0 Å². The number of para-hydroxylation sites is 1. The summed E-state index contributed by atoms with van der Waals surface area (Å²) in [6.07, 6.45) is 1.07. The van der Waals surface area contributed by atoms with Crippen molar-refractivity contribution in [1.29, 1.82) is 0 Å². The first-order valence-electron chi connectivity index (χ1n) is 9.98. The van der Waals surface area contributed by atoms with Gasteiger partial charge >= 0.3 is 0 Å². The highest BCUT2D eigenvalue weighted by molar-refractivity contribution is 8.00. The predicted molar refractivity (Wildman–Crippen MR) is 119 cm³/mol. The Morgan fingerprint density at radius 1 is 1.17 bits per heavy atom. The first-order valence-corrected chi connectivity index (χ1v) is 12.5. The van der Waals surface area contributed by atoms with Gasteiger partial charge in [0.25, 0.3) is 0 Å². The average molecular weight is 445 g/mol. The molecule has 2 heterocycles. The first kappa shape index (κ1) is 20.9. The van der Waals surface area contributed by atoms with Crippen molar-refractivity contribution in [3.8, 4) is 0 Å². The summed E-state index contributed by atoms with van der Waals surface area (Å²) in [5.41, 5.74) is 2.49. The summed E-state index contributed by atoms with van der Waals surface area (Å²) in [6, 6.07) is 12.5. The third-order valence-corrected chi connectivity index (χ3v) is 8.34. The molecule has 0 spiro atoms. The highest BCUT2D eigenvalue weighted by atomic mass is 32.2. The minimum Gasteiger partial charge on any atom is -0.325 e. The average Bonchev–Trinajstić information content (AvgIpc) is 2.94. The number of carbonyl (C=O) groups excluding carboxylic acids is 2. The van der Waals surface area contributed by atoms with Crippen LogP contribution in [0.3, 0.4) is 0 Å². The van der Waals surface area contributed by atoms with E-state index in [2.05, 4.69) is 5.32 Å². The number of rotatable bonds is 4. The molecule has 158 valence electrons. The van der Waals surface area contributed by atoms with Gasteiger partial charge in [0.15, 0.2) is 9.84 Å². The molecule has 2 aromatic rings. The molecule has 0 bridgehead atoms. The second-order valence-corrected chi connectivity index (χ2v) is 11.4. The molecule has 0 saturated carbocycles. The lowest BCUT2D eigenvalue weighted by Gasteiger charge is -2.22. The van der Waals surface area contributed by atoms with Crippen LogP contribution < -0.4 is 10.2 Å². The molecule has 8 heteroatoms. The smallest absolute Gasteiger partial charge is 0.228 e. The highest BCUT2D eigenvalue weighted by Crippen LogP contribution is 2.37. The van der Waals surface area contributed by atoms with E-state index in [9.17, 15) is 18.0 Å². The third kappa shape index (κ3) is 4.11. The minimum absolute atomic E-state index is 0.0133. The van der Waals surface area contributed by atoms with Gasteiger partial charge in [-0.05, 0) is 43.2 Å². The fourth-order valence-electron chi connectivity index (χ4n) is 4.03. The molecule has 0 radical (unpaired) electrons. The molecular formula is C22H24N2O4S2. The van der Waals surface area contributed by atoms with Gasteiger partial charge in [-0.3, -0.25) is 9.59 Å². The van der Waals surface area contributed by atoms with Crippen LogP contribution in [-0.2, 0) is 25.8 Å². The number of anilines is 2. The largest absolute Gasteiger partial charge is 0.325 e. The number of nitrogens with zero attached hydrogens (tertiary/aromatic N) is 1. The van der Waals surface area contributed by atoms with Crippen LogP contribution >= 0.6 is 11.8 Å². The zero-order valence-electron chi connectivity index (χ0n) is 16.9. The van der Waals surface area contributed by atoms with E-state index in [1.54, 1.807) is 28.8 Å². The molecule has 0 aliphatic carbocycles. The molecule has 2 aliphatic rings. The molecule has 2 aliphatic heterocycles. The van der Waals surface area contributed by atoms with Crippen molar-refractivity contribution in [2.24, 2.45) is 0 Å². The predicted octanol–water partition coefficient (Wildman–Crippen LogP) is 3.65. The van der Waals surface area contributed by atoms with Gasteiger partial charge in [0.1, 0.15) is 0 Å². The summed E-state index contributed by atoms with van der Waals surface area (Å²) in [7, 11) is -3.66. The van der Waals surface area contributed by atoms with Crippen molar-refractivity contribution in [2.75, 3.05) is 16.0 Å². The molecule has 1 N–H and O–H groups in total. The van der Waals surface area contributed by atoms with Gasteiger partial charge in [-0.1, -0.05) is 25.1 Å². The van der Waals surface area contributed by atoms with E-state index in [4.69, 9.17) is 0 Å². The summed E-state index contributed by atoms with van der Waals surface area (Å²) in [5, 5.41) is 2.91. The number of benzene rings is 2. The molecule has 30 heavy (non-hydrogen) atoms. The maximum absolute atomic E-state index is 12.9. The number of sulfone groups is 1. The summed E-state index contributed by atoms with van der Waals surface area (Å²) < 4.78 is 25.8. The lowest BCUT2D eigenvalue weighted by atomic mass is 10.1. The van der Waals surface area contributed by atoms with Gasteiger partial charge in [-0.25, -0.2) is 8.42 Å². The Balaban J connectivity index is 1.50. The minimum atomic E-state index is -3.66. The van der Waals surface area contributed by atoms with Crippen molar-refractivity contribution >= 4 is 44.8 Å².